The summed E-state index contributed by atoms with van der Waals surface area (Å²) in [6, 6.07) is 13.9. The molecule has 24 heavy (non-hydrogen) atoms. The molecule has 0 saturated carbocycles. The minimum Gasteiger partial charge on any atom is -0.322 e. The fraction of sp³-hybridized carbons (Fsp3) is 0.200. The lowest BCUT2D eigenvalue weighted by Crippen LogP contribution is -2.27. The first-order chi connectivity index (χ1) is 11.7. The molecule has 0 fully saturated rings. The fourth-order valence-corrected chi connectivity index (χ4v) is 2.81. The van der Waals surface area contributed by atoms with E-state index in [4.69, 9.17) is 0 Å². The quantitative estimate of drug-likeness (QED) is 0.708. The molecule has 0 radical (unpaired) electrons. The molecule has 0 spiro atoms. The van der Waals surface area contributed by atoms with Gasteiger partial charge in [-0.3, -0.25) is 14.7 Å². The summed E-state index contributed by atoms with van der Waals surface area (Å²) in [6.45, 7) is 7.77. The highest BCUT2D eigenvalue weighted by Crippen LogP contribution is 2.14. The molecule has 4 nitrogen and oxygen atoms in total. The van der Waals surface area contributed by atoms with Crippen molar-refractivity contribution in [2.45, 2.75) is 20.0 Å². The van der Waals surface area contributed by atoms with Crippen LogP contribution in [0.1, 0.15) is 16.8 Å². The number of aromatic amines is 1. The summed E-state index contributed by atoms with van der Waals surface area (Å²) >= 11 is 0. The van der Waals surface area contributed by atoms with Crippen molar-refractivity contribution in [1.29, 1.82) is 0 Å². The molecule has 0 aliphatic rings. The highest BCUT2D eigenvalue weighted by atomic mass is 16.1. The molecule has 122 valence electrons. The predicted molar refractivity (Wildman–Crippen MR) is 97.9 cm³/mol. The largest absolute Gasteiger partial charge is 0.322 e. The Bertz CT molecular complexity index is 900. The second-order valence-corrected chi connectivity index (χ2v) is 5.99. The molecule has 0 saturated heterocycles. The van der Waals surface area contributed by atoms with Gasteiger partial charge in [-0.25, -0.2) is 0 Å². The SMILES string of the molecule is C=CCN(Cc1ccccn1)Cc1cc2ccc(C)cc2[nH]c1=O. The van der Waals surface area contributed by atoms with Crippen LogP contribution in [0.25, 0.3) is 10.9 Å². The van der Waals surface area contributed by atoms with E-state index in [1.54, 1.807) is 6.20 Å². The zero-order chi connectivity index (χ0) is 16.9. The van der Waals surface area contributed by atoms with Crippen LogP contribution in [0.15, 0.2) is 66.1 Å². The second kappa shape index (κ2) is 7.23. The standard InChI is InChI=1S/C20H21N3O/c1-3-10-23(14-18-6-4-5-9-21-18)13-17-12-16-8-7-15(2)11-19(16)22-20(17)24/h3-9,11-12H,1,10,13-14H2,2H3,(H,22,24). The molecule has 0 bridgehead atoms. The van der Waals surface area contributed by atoms with Crippen molar-refractivity contribution in [3.8, 4) is 0 Å². The number of aryl methyl sites for hydroxylation is 1. The maximum atomic E-state index is 12.4. The molecule has 3 aromatic rings. The highest BCUT2D eigenvalue weighted by molar-refractivity contribution is 5.79. The molecule has 2 heterocycles. The van der Waals surface area contributed by atoms with Gasteiger partial charge in [0.25, 0.3) is 5.56 Å². The molecule has 0 unspecified atom stereocenters. The van der Waals surface area contributed by atoms with E-state index in [0.717, 1.165) is 27.7 Å². The van der Waals surface area contributed by atoms with Gasteiger partial charge in [0.1, 0.15) is 0 Å². The van der Waals surface area contributed by atoms with Gasteiger partial charge in [0.05, 0.1) is 5.69 Å². The first kappa shape index (κ1) is 16.1. The Balaban J connectivity index is 1.87. The lowest BCUT2D eigenvalue weighted by atomic mass is 10.1. The van der Waals surface area contributed by atoms with Crippen LogP contribution in [0, 0.1) is 6.92 Å². The summed E-state index contributed by atoms with van der Waals surface area (Å²) in [5.41, 5.74) is 3.71. The van der Waals surface area contributed by atoms with Gasteiger partial charge in [-0.05, 0) is 42.1 Å². The van der Waals surface area contributed by atoms with Crippen LogP contribution in [0.4, 0.5) is 0 Å². The van der Waals surface area contributed by atoms with E-state index in [-0.39, 0.29) is 5.56 Å². The van der Waals surface area contributed by atoms with Gasteiger partial charge in [0, 0.05) is 36.9 Å². The highest BCUT2D eigenvalue weighted by Gasteiger charge is 2.10. The normalized spacial score (nSPS) is 11.1. The van der Waals surface area contributed by atoms with Crippen molar-refractivity contribution in [2.75, 3.05) is 6.54 Å². The second-order valence-electron chi connectivity index (χ2n) is 5.99. The lowest BCUT2D eigenvalue weighted by molar-refractivity contribution is 0.281. The summed E-state index contributed by atoms with van der Waals surface area (Å²) < 4.78 is 0. The lowest BCUT2D eigenvalue weighted by Gasteiger charge is -2.20. The van der Waals surface area contributed by atoms with Crippen molar-refractivity contribution in [2.24, 2.45) is 0 Å². The van der Waals surface area contributed by atoms with Crippen molar-refractivity contribution in [3.63, 3.8) is 0 Å². The summed E-state index contributed by atoms with van der Waals surface area (Å²) in [6.07, 6.45) is 3.63. The first-order valence-corrected chi connectivity index (χ1v) is 8.01. The number of pyridine rings is 2. The minimum absolute atomic E-state index is 0.0387. The topological polar surface area (TPSA) is 49.0 Å². The maximum Gasteiger partial charge on any atom is 0.252 e. The van der Waals surface area contributed by atoms with Crippen LogP contribution in [0.5, 0.6) is 0 Å². The molecule has 1 N–H and O–H groups in total. The van der Waals surface area contributed by atoms with Crippen molar-refractivity contribution < 1.29 is 0 Å². The number of H-pyrrole nitrogens is 1. The van der Waals surface area contributed by atoms with Crippen molar-refractivity contribution >= 4 is 10.9 Å². The first-order valence-electron chi connectivity index (χ1n) is 8.01. The number of fused-ring (bicyclic) bond motifs is 1. The van der Waals surface area contributed by atoms with E-state index >= 15 is 0 Å². The Kier molecular flexibility index (Phi) is 4.87. The number of hydrogen-bond acceptors (Lipinski definition) is 3. The zero-order valence-electron chi connectivity index (χ0n) is 13.8. The molecule has 0 amide bonds. The average Bonchev–Trinajstić information content (AvgIpc) is 2.57. The summed E-state index contributed by atoms with van der Waals surface area (Å²) in [5, 5.41) is 1.05. The molecule has 1 aromatic carbocycles. The third-order valence-electron chi connectivity index (χ3n) is 3.97. The maximum absolute atomic E-state index is 12.4. The summed E-state index contributed by atoms with van der Waals surface area (Å²) in [5.74, 6) is 0. The van der Waals surface area contributed by atoms with Crippen LogP contribution in [-0.4, -0.2) is 21.4 Å². The van der Waals surface area contributed by atoms with Crippen LogP contribution >= 0.6 is 0 Å². The van der Waals surface area contributed by atoms with Crippen LogP contribution in [0.2, 0.25) is 0 Å². The van der Waals surface area contributed by atoms with Gasteiger partial charge < -0.3 is 4.98 Å². The Morgan fingerprint density at radius 2 is 2.08 bits per heavy atom. The van der Waals surface area contributed by atoms with Crippen LogP contribution in [0.3, 0.4) is 0 Å². The van der Waals surface area contributed by atoms with Crippen LogP contribution in [-0.2, 0) is 13.1 Å². The van der Waals surface area contributed by atoms with Crippen LogP contribution < -0.4 is 5.56 Å². The Labute approximate surface area is 141 Å². The zero-order valence-corrected chi connectivity index (χ0v) is 13.8. The average molecular weight is 319 g/mol. The van der Waals surface area contributed by atoms with E-state index in [1.165, 1.54) is 0 Å². The third kappa shape index (κ3) is 3.78. The Morgan fingerprint density at radius 3 is 2.83 bits per heavy atom. The molecule has 4 heteroatoms. The number of rotatable bonds is 6. The molecule has 0 atom stereocenters. The van der Waals surface area contributed by atoms with E-state index in [0.29, 0.717) is 19.6 Å². The van der Waals surface area contributed by atoms with E-state index in [2.05, 4.69) is 27.5 Å². The van der Waals surface area contributed by atoms with Gasteiger partial charge in [0.15, 0.2) is 0 Å². The predicted octanol–water partition coefficient (Wildman–Crippen LogP) is 3.42. The van der Waals surface area contributed by atoms with E-state index in [9.17, 15) is 4.79 Å². The molecular formula is C20H21N3O. The summed E-state index contributed by atoms with van der Waals surface area (Å²) in [7, 11) is 0. The molecule has 3 rings (SSSR count). The molecule has 2 aromatic heterocycles. The molecule has 0 aliphatic heterocycles. The molecular weight excluding hydrogens is 298 g/mol. The summed E-state index contributed by atoms with van der Waals surface area (Å²) in [4.78, 5) is 21.9. The van der Waals surface area contributed by atoms with Gasteiger partial charge in [-0.2, -0.15) is 0 Å². The fourth-order valence-electron chi connectivity index (χ4n) is 2.81. The molecule has 0 aliphatic carbocycles. The number of benzene rings is 1. The minimum atomic E-state index is -0.0387. The van der Waals surface area contributed by atoms with Crippen molar-refractivity contribution in [3.05, 3.63) is 88.5 Å². The van der Waals surface area contributed by atoms with E-state index < -0.39 is 0 Å². The number of aromatic nitrogens is 2. The number of nitrogens with zero attached hydrogens (tertiary/aromatic N) is 2. The number of hydrogen-bond donors (Lipinski definition) is 1. The van der Waals surface area contributed by atoms with Gasteiger partial charge in [-0.1, -0.05) is 24.3 Å². The van der Waals surface area contributed by atoms with Gasteiger partial charge >= 0.3 is 0 Å². The number of nitrogens with one attached hydrogen (secondary N) is 1. The van der Waals surface area contributed by atoms with Gasteiger partial charge in [0.2, 0.25) is 0 Å². The monoisotopic (exact) mass is 319 g/mol. The smallest absolute Gasteiger partial charge is 0.252 e. The van der Waals surface area contributed by atoms with Gasteiger partial charge in [-0.15, -0.1) is 6.58 Å². The van der Waals surface area contributed by atoms with E-state index in [1.807, 2.05) is 49.4 Å². The van der Waals surface area contributed by atoms with Crippen molar-refractivity contribution in [1.82, 2.24) is 14.9 Å². The third-order valence-corrected chi connectivity index (χ3v) is 3.97. The Morgan fingerprint density at radius 1 is 1.21 bits per heavy atom. The Hall–Kier alpha value is -2.72.